The molecule has 1 saturated heterocycles. The molecule has 1 aromatic rings. The lowest BCUT2D eigenvalue weighted by atomic mass is 10.0. The lowest BCUT2D eigenvalue weighted by Gasteiger charge is -2.32. The third-order valence-corrected chi connectivity index (χ3v) is 9.77. The number of carbonyl (C=O) groups excluding carboxylic acids is 4. The van der Waals surface area contributed by atoms with Gasteiger partial charge in [-0.3, -0.25) is 64.0 Å². The molecule has 1 saturated carbocycles. The number of unbranched alkanes of at least 4 members (excludes halogenated alkanes) is 2. The summed E-state index contributed by atoms with van der Waals surface area (Å²) in [7, 11) is 0. The van der Waals surface area contributed by atoms with Crippen LogP contribution in [-0.4, -0.2) is 172 Å². The van der Waals surface area contributed by atoms with Crippen molar-refractivity contribution in [1.82, 2.24) is 46.2 Å². The molecule has 2 aliphatic rings. The summed E-state index contributed by atoms with van der Waals surface area (Å²) < 4.78 is 0. The van der Waals surface area contributed by atoms with Crippen molar-refractivity contribution in [3.8, 4) is 0 Å². The van der Waals surface area contributed by atoms with E-state index in [4.69, 9.17) is 5.73 Å². The Morgan fingerprint density at radius 2 is 1.29 bits per heavy atom. The number of hydrogen-bond donors (Lipinski definition) is 9. The number of amides is 4. The van der Waals surface area contributed by atoms with Crippen molar-refractivity contribution < 1.29 is 54.3 Å². The summed E-state index contributed by atoms with van der Waals surface area (Å²) in [4.78, 5) is 95.4. The van der Waals surface area contributed by atoms with Gasteiger partial charge in [0.15, 0.2) is 0 Å². The Morgan fingerprint density at radius 1 is 0.768 bits per heavy atom. The van der Waals surface area contributed by atoms with Crippen molar-refractivity contribution in [2.24, 2.45) is 17.6 Å². The van der Waals surface area contributed by atoms with Crippen LogP contribution >= 0.6 is 0 Å². The number of nitrogens with one attached hydrogen (secondary N) is 4. The van der Waals surface area contributed by atoms with E-state index in [0.29, 0.717) is 56.7 Å². The van der Waals surface area contributed by atoms with Crippen molar-refractivity contribution in [2.75, 3.05) is 85.1 Å². The minimum Gasteiger partial charge on any atom is -0.480 e. The molecule has 2 atom stereocenters. The topological polar surface area (TPSA) is 297 Å². The van der Waals surface area contributed by atoms with Gasteiger partial charge in [0, 0.05) is 77.6 Å². The zero-order valence-electron chi connectivity index (χ0n) is 32.2. The van der Waals surface area contributed by atoms with Gasteiger partial charge in [-0.1, -0.05) is 20.3 Å². The summed E-state index contributed by atoms with van der Waals surface area (Å²) in [5, 5.41) is 31.0. The number of carboxylic acids is 3. The monoisotopic (exact) mass is 792 g/mol. The molecule has 3 rings (SSSR count). The predicted molar refractivity (Wildman–Crippen MR) is 200 cm³/mol. The van der Waals surface area contributed by atoms with Gasteiger partial charge in [-0.15, -0.1) is 0 Å². The molecule has 21 nitrogen and oxygen atoms in total. The Kier molecular flexibility index (Phi) is 18.5. The highest BCUT2D eigenvalue weighted by Gasteiger charge is 2.58. The minimum absolute atomic E-state index is 0.0705. The number of quaternary nitrogens is 1. The molecule has 4 amide bonds. The third kappa shape index (κ3) is 16.5. The molecule has 2 fully saturated rings. The van der Waals surface area contributed by atoms with E-state index < -0.39 is 23.4 Å². The highest BCUT2D eigenvalue weighted by Crippen LogP contribution is 2.46. The second-order valence-corrected chi connectivity index (χ2v) is 14.6. The Labute approximate surface area is 325 Å². The minimum atomic E-state index is -1.04. The lowest BCUT2D eigenvalue weighted by Crippen LogP contribution is -2.90. The van der Waals surface area contributed by atoms with E-state index in [-0.39, 0.29) is 107 Å². The average Bonchev–Trinajstić information content (AvgIpc) is 3.84. The predicted octanol–water partition coefficient (Wildman–Crippen LogP) is -3.41. The number of aromatic nitrogens is 1. The normalized spacial score (nSPS) is 20.2. The quantitative estimate of drug-likeness (QED) is 0.0285. The molecule has 1 aromatic heterocycles. The molecular formula is C35H58N11O10+. The van der Waals surface area contributed by atoms with E-state index >= 15 is 0 Å². The zero-order valence-corrected chi connectivity index (χ0v) is 32.2. The molecule has 0 spiro atoms. The molecule has 0 aromatic carbocycles. The molecule has 21 heteroatoms. The largest absolute Gasteiger partial charge is 0.480 e. The lowest BCUT2D eigenvalue weighted by molar-refractivity contribution is -0.623. The van der Waals surface area contributed by atoms with Gasteiger partial charge >= 0.3 is 17.9 Å². The number of hydrogen-bond acceptors (Lipinski definition) is 13. The highest BCUT2D eigenvalue weighted by atomic mass is 16.4. The van der Waals surface area contributed by atoms with Crippen molar-refractivity contribution in [3.05, 3.63) is 23.9 Å². The van der Waals surface area contributed by atoms with Gasteiger partial charge < -0.3 is 26.4 Å². The first-order valence-electron chi connectivity index (χ1n) is 18.9. The first-order chi connectivity index (χ1) is 26.5. The number of aliphatic carboxylic acids is 3. The molecule has 1 aliphatic heterocycles. The van der Waals surface area contributed by atoms with E-state index in [9.17, 15) is 48.9 Å². The summed E-state index contributed by atoms with van der Waals surface area (Å²) in [5.41, 5.74) is 14.4. The van der Waals surface area contributed by atoms with Crippen LogP contribution in [0.25, 0.3) is 0 Å². The van der Waals surface area contributed by atoms with Crippen molar-refractivity contribution >= 4 is 47.4 Å². The molecular weight excluding hydrogens is 734 g/mol. The van der Waals surface area contributed by atoms with E-state index in [0.717, 1.165) is 0 Å². The van der Waals surface area contributed by atoms with Crippen molar-refractivity contribution in [2.45, 2.75) is 51.5 Å². The summed E-state index contributed by atoms with van der Waals surface area (Å²) in [6.07, 6.45) is 4.06. The van der Waals surface area contributed by atoms with Gasteiger partial charge in [0.25, 0.3) is 17.7 Å². The zero-order chi connectivity index (χ0) is 41.3. The number of carbonyl (C=O) groups is 7. The summed E-state index contributed by atoms with van der Waals surface area (Å²) >= 11 is 0. The van der Waals surface area contributed by atoms with Crippen LogP contribution in [0.5, 0.6) is 0 Å². The number of nitrogens with zero attached hydrogens (tertiary/aromatic N) is 5. The van der Waals surface area contributed by atoms with Crippen LogP contribution in [0.4, 0.5) is 5.82 Å². The fraction of sp³-hybridized carbons (Fsp3) is 0.657. The van der Waals surface area contributed by atoms with E-state index in [1.807, 2.05) is 13.8 Å². The van der Waals surface area contributed by atoms with Crippen LogP contribution in [0.15, 0.2) is 18.3 Å². The van der Waals surface area contributed by atoms with Crippen LogP contribution in [0.2, 0.25) is 0 Å². The maximum atomic E-state index is 13.0. The van der Waals surface area contributed by atoms with Crippen LogP contribution in [0.1, 0.15) is 56.3 Å². The Bertz CT molecular complexity index is 1480. The van der Waals surface area contributed by atoms with Gasteiger partial charge in [0.2, 0.25) is 11.7 Å². The fourth-order valence-corrected chi connectivity index (χ4v) is 6.41. The highest BCUT2D eigenvalue weighted by molar-refractivity contribution is 5.94. The van der Waals surface area contributed by atoms with E-state index in [2.05, 4.69) is 26.6 Å². The standard InChI is InChI=1S/C35H57N11O10/c1-24(2)26-18-35(26,36)34(56)42-40-28(47)6-4-3-5-9-37-33(55)25-7-8-27(38-19-25)39-41-29(48)20-43-10-12-44(21-30(49)50)14-16-46(23-32(53)54)17-15-45(13-11-43)22-31(51)52/h7-8,19,24,26H,3-6,9-18,20-23,36H2,1-2H3,(H,37,55)(H,38,39)(H,40,47)(H,41,48)(H,42,56)(H,49,50)(H,51,52)(H,53,54)/p+1/t26?,35-/m1/s1. The fourth-order valence-electron chi connectivity index (χ4n) is 6.41. The summed E-state index contributed by atoms with van der Waals surface area (Å²) in [5.74, 6) is -3.76. The average molecular weight is 793 g/mol. The van der Waals surface area contributed by atoms with Crippen LogP contribution in [0.3, 0.4) is 0 Å². The second-order valence-electron chi connectivity index (χ2n) is 14.6. The molecule has 11 N–H and O–H groups in total. The smallest absolute Gasteiger partial charge is 0.317 e. The van der Waals surface area contributed by atoms with Gasteiger partial charge in [-0.25, -0.2) is 4.98 Å². The molecule has 0 bridgehead atoms. The maximum Gasteiger partial charge on any atom is 0.317 e. The Hall–Kier alpha value is -4.80. The van der Waals surface area contributed by atoms with Crippen LogP contribution < -0.4 is 32.8 Å². The number of nitrogens with two attached hydrogens (primary N) is 2. The number of pyridine rings is 1. The van der Waals surface area contributed by atoms with Crippen molar-refractivity contribution in [1.29, 1.82) is 0 Å². The molecule has 312 valence electrons. The number of rotatable bonds is 19. The van der Waals surface area contributed by atoms with Crippen LogP contribution in [-0.2, 0) is 28.8 Å². The molecule has 1 aliphatic carbocycles. The summed E-state index contributed by atoms with van der Waals surface area (Å²) in [6, 6.07) is 3.14. The van der Waals surface area contributed by atoms with Gasteiger partial charge in [-0.2, -0.15) is 10.9 Å². The maximum absolute atomic E-state index is 13.0. The van der Waals surface area contributed by atoms with Crippen molar-refractivity contribution in [3.63, 3.8) is 0 Å². The Balaban J connectivity index is 1.39. The molecule has 0 radical (unpaired) electrons. The van der Waals surface area contributed by atoms with Gasteiger partial charge in [0.1, 0.15) is 5.54 Å². The van der Waals surface area contributed by atoms with E-state index in [1.54, 1.807) is 31.7 Å². The van der Waals surface area contributed by atoms with E-state index in [1.165, 1.54) is 11.6 Å². The molecule has 1 unspecified atom stereocenters. The SMILES string of the molecule is CC(C)C1C[C@]1(N)C(=O)NNC(=O)CCCCCNC(=O)c1ccc([NH2+]NC(=O)CN2CCN(CC(=O)O)CCN(CC(=O)O)CCN(CC(=O)O)CC2)nc1. The third-order valence-electron chi connectivity index (χ3n) is 9.77. The number of carboxylic acid groups (broad SMARTS) is 3. The second kappa shape index (κ2) is 22.7. The van der Waals surface area contributed by atoms with Crippen LogP contribution in [0, 0.1) is 11.8 Å². The molecule has 2 heterocycles. The number of hydrazine groups is 1. The Morgan fingerprint density at radius 3 is 1.73 bits per heavy atom. The summed E-state index contributed by atoms with van der Waals surface area (Å²) in [6.45, 7) is 5.76. The first kappa shape index (κ1) is 45.6. The van der Waals surface area contributed by atoms with Gasteiger partial charge in [-0.05, 0) is 37.2 Å². The first-order valence-corrected chi connectivity index (χ1v) is 18.9. The van der Waals surface area contributed by atoms with Gasteiger partial charge in [0.05, 0.1) is 31.7 Å². The molecule has 56 heavy (non-hydrogen) atoms.